The van der Waals surface area contributed by atoms with Crippen molar-refractivity contribution >= 4 is 27.4 Å². The molecule has 0 atom stereocenters. The molecule has 0 N–H and O–H groups in total. The van der Waals surface area contributed by atoms with Crippen molar-refractivity contribution in [3.63, 3.8) is 0 Å². The number of thiophene rings is 1. The van der Waals surface area contributed by atoms with Gasteiger partial charge in [0.25, 0.3) is 0 Å². The van der Waals surface area contributed by atoms with Gasteiger partial charge in [0.05, 0.1) is 11.9 Å². The first-order valence-corrected chi connectivity index (χ1v) is 12.3. The average molecular weight is 469 g/mol. The predicted molar refractivity (Wildman–Crippen MR) is 135 cm³/mol. The van der Waals surface area contributed by atoms with Gasteiger partial charge in [-0.2, -0.15) is 4.98 Å². The predicted octanol–water partition coefficient (Wildman–Crippen LogP) is 5.04. The van der Waals surface area contributed by atoms with E-state index in [-0.39, 0.29) is 0 Å². The highest BCUT2D eigenvalue weighted by Gasteiger charge is 2.23. The third-order valence-corrected chi connectivity index (χ3v) is 7.13. The molecule has 0 saturated carbocycles. The van der Waals surface area contributed by atoms with Crippen molar-refractivity contribution in [2.75, 3.05) is 31.1 Å². The van der Waals surface area contributed by atoms with Crippen molar-refractivity contribution in [2.45, 2.75) is 13.5 Å². The zero-order chi connectivity index (χ0) is 22.9. The van der Waals surface area contributed by atoms with Gasteiger partial charge in [0.2, 0.25) is 11.7 Å². The second-order valence-corrected chi connectivity index (χ2v) is 9.39. The number of nitrogens with zero attached hydrogens (tertiary/aromatic N) is 6. The maximum Gasteiger partial charge on any atom is 0.241 e. The first-order valence-electron chi connectivity index (χ1n) is 11.4. The fourth-order valence-corrected chi connectivity index (χ4v) is 5.29. The molecule has 8 heteroatoms. The molecule has 1 saturated heterocycles. The molecule has 1 fully saturated rings. The van der Waals surface area contributed by atoms with Gasteiger partial charge in [-0.05, 0) is 12.5 Å². The van der Waals surface area contributed by atoms with Crippen LogP contribution in [0.5, 0.6) is 0 Å². The molecule has 34 heavy (non-hydrogen) atoms. The van der Waals surface area contributed by atoms with E-state index in [4.69, 9.17) is 9.51 Å². The van der Waals surface area contributed by atoms with Crippen molar-refractivity contribution in [3.8, 4) is 22.5 Å². The summed E-state index contributed by atoms with van der Waals surface area (Å²) in [6.45, 7) is 6.29. The van der Waals surface area contributed by atoms with Gasteiger partial charge >= 0.3 is 0 Å². The Morgan fingerprint density at radius 2 is 1.71 bits per heavy atom. The second kappa shape index (κ2) is 8.96. The molecule has 6 rings (SSSR count). The Morgan fingerprint density at radius 3 is 2.50 bits per heavy atom. The van der Waals surface area contributed by atoms with Crippen LogP contribution in [0.3, 0.4) is 0 Å². The molecule has 7 nitrogen and oxygen atoms in total. The Balaban J connectivity index is 1.16. The van der Waals surface area contributed by atoms with E-state index in [0.717, 1.165) is 47.8 Å². The van der Waals surface area contributed by atoms with Crippen LogP contribution in [0.25, 0.3) is 32.7 Å². The largest absolute Gasteiger partial charge is 0.353 e. The minimum Gasteiger partial charge on any atom is -0.353 e. The normalized spacial score (nSPS) is 14.7. The molecular weight excluding hydrogens is 444 g/mol. The Morgan fingerprint density at radius 1 is 0.912 bits per heavy atom. The van der Waals surface area contributed by atoms with E-state index in [9.17, 15) is 0 Å². The standard InChI is InChI=1S/C26H24N6OS/c1-18-7-9-20(10-8-18)24-29-22(33-30-24)15-31-11-13-32(14-12-31)25-23-21(19-5-3-2-4-6-19)16-34-26(23)28-17-27-25/h2-10,16-17H,11-15H2,1H3. The lowest BCUT2D eigenvalue weighted by Gasteiger charge is -2.35. The summed E-state index contributed by atoms with van der Waals surface area (Å²) >= 11 is 1.67. The van der Waals surface area contributed by atoms with Gasteiger partial charge in [-0.1, -0.05) is 65.3 Å². The molecule has 0 aliphatic carbocycles. The molecule has 0 radical (unpaired) electrons. The topological polar surface area (TPSA) is 71.2 Å². The number of rotatable bonds is 5. The van der Waals surface area contributed by atoms with Crippen molar-refractivity contribution in [3.05, 3.63) is 77.8 Å². The SMILES string of the molecule is Cc1ccc(-c2noc(CN3CCN(c4ncnc5scc(-c6ccccc6)c45)CC3)n2)cc1. The molecule has 1 aliphatic heterocycles. The van der Waals surface area contributed by atoms with Crippen LogP contribution in [-0.4, -0.2) is 51.2 Å². The summed E-state index contributed by atoms with van der Waals surface area (Å²) in [5.41, 5.74) is 4.59. The number of hydrogen-bond acceptors (Lipinski definition) is 8. The Kier molecular flexibility index (Phi) is 5.52. The molecule has 3 aromatic heterocycles. The molecule has 0 spiro atoms. The number of aryl methyl sites for hydroxylation is 1. The maximum atomic E-state index is 5.54. The van der Waals surface area contributed by atoms with Gasteiger partial charge in [0.15, 0.2) is 0 Å². The Labute approximate surface area is 201 Å². The molecule has 5 aromatic rings. The number of fused-ring (bicyclic) bond motifs is 1. The van der Waals surface area contributed by atoms with Gasteiger partial charge in [0, 0.05) is 42.7 Å². The molecule has 0 unspecified atom stereocenters. The van der Waals surface area contributed by atoms with E-state index in [1.54, 1.807) is 17.7 Å². The summed E-state index contributed by atoms with van der Waals surface area (Å²) in [4.78, 5) is 19.6. The first kappa shape index (κ1) is 20.9. The van der Waals surface area contributed by atoms with E-state index >= 15 is 0 Å². The first-order chi connectivity index (χ1) is 16.7. The zero-order valence-electron chi connectivity index (χ0n) is 18.9. The quantitative estimate of drug-likeness (QED) is 0.358. The van der Waals surface area contributed by atoms with Gasteiger partial charge in [0.1, 0.15) is 17.0 Å². The fraction of sp³-hybridized carbons (Fsp3) is 0.231. The molecule has 0 bridgehead atoms. The highest BCUT2D eigenvalue weighted by molar-refractivity contribution is 7.17. The summed E-state index contributed by atoms with van der Waals surface area (Å²) in [5, 5.41) is 7.51. The molecule has 170 valence electrons. The van der Waals surface area contributed by atoms with Crippen LogP contribution in [0.4, 0.5) is 5.82 Å². The van der Waals surface area contributed by atoms with E-state index < -0.39 is 0 Å². The van der Waals surface area contributed by atoms with Gasteiger partial charge in [-0.3, -0.25) is 4.90 Å². The molecule has 4 heterocycles. The van der Waals surface area contributed by atoms with Gasteiger partial charge in [-0.25, -0.2) is 9.97 Å². The van der Waals surface area contributed by atoms with E-state index in [0.29, 0.717) is 18.3 Å². The molecular formula is C26H24N6OS. The monoisotopic (exact) mass is 468 g/mol. The average Bonchev–Trinajstić information content (AvgIpc) is 3.53. The van der Waals surface area contributed by atoms with E-state index in [1.165, 1.54) is 16.7 Å². The van der Waals surface area contributed by atoms with Crippen LogP contribution in [0.1, 0.15) is 11.5 Å². The zero-order valence-corrected chi connectivity index (χ0v) is 19.7. The second-order valence-electron chi connectivity index (χ2n) is 8.53. The van der Waals surface area contributed by atoms with Crippen molar-refractivity contribution in [1.82, 2.24) is 25.0 Å². The smallest absolute Gasteiger partial charge is 0.241 e. The van der Waals surface area contributed by atoms with Gasteiger partial charge < -0.3 is 9.42 Å². The lowest BCUT2D eigenvalue weighted by molar-refractivity contribution is 0.215. The van der Waals surface area contributed by atoms with Crippen LogP contribution in [-0.2, 0) is 6.54 Å². The summed E-state index contributed by atoms with van der Waals surface area (Å²) in [5.74, 6) is 2.31. The summed E-state index contributed by atoms with van der Waals surface area (Å²) in [7, 11) is 0. The Hall–Kier alpha value is -3.62. The fourth-order valence-electron chi connectivity index (χ4n) is 4.38. The highest BCUT2D eigenvalue weighted by Crippen LogP contribution is 2.38. The lowest BCUT2D eigenvalue weighted by atomic mass is 10.1. The summed E-state index contributed by atoms with van der Waals surface area (Å²) in [6.07, 6.45) is 1.68. The van der Waals surface area contributed by atoms with Crippen LogP contribution in [0.15, 0.2) is 70.8 Å². The number of hydrogen-bond donors (Lipinski definition) is 0. The van der Waals surface area contributed by atoms with E-state index in [2.05, 4.69) is 73.6 Å². The minimum atomic E-state index is 0.642. The van der Waals surface area contributed by atoms with E-state index in [1.807, 2.05) is 18.2 Å². The van der Waals surface area contributed by atoms with Crippen LogP contribution >= 0.6 is 11.3 Å². The molecule has 1 aliphatic rings. The third-order valence-electron chi connectivity index (χ3n) is 6.24. The number of aromatic nitrogens is 4. The molecule has 0 amide bonds. The van der Waals surface area contributed by atoms with Crippen molar-refractivity contribution < 1.29 is 4.52 Å². The van der Waals surface area contributed by atoms with Crippen molar-refractivity contribution in [2.24, 2.45) is 0 Å². The lowest BCUT2D eigenvalue weighted by Crippen LogP contribution is -2.46. The highest BCUT2D eigenvalue weighted by atomic mass is 32.1. The summed E-state index contributed by atoms with van der Waals surface area (Å²) < 4.78 is 5.54. The van der Waals surface area contributed by atoms with Crippen LogP contribution < -0.4 is 4.90 Å². The third kappa shape index (κ3) is 4.06. The van der Waals surface area contributed by atoms with Crippen molar-refractivity contribution in [1.29, 1.82) is 0 Å². The Bertz CT molecular complexity index is 1400. The number of piperazine rings is 1. The number of benzene rings is 2. The van der Waals surface area contributed by atoms with Crippen LogP contribution in [0, 0.1) is 6.92 Å². The maximum absolute atomic E-state index is 5.54. The summed E-state index contributed by atoms with van der Waals surface area (Å²) in [6, 6.07) is 18.7. The number of anilines is 1. The minimum absolute atomic E-state index is 0.642. The van der Waals surface area contributed by atoms with Crippen LogP contribution in [0.2, 0.25) is 0 Å². The molecule has 2 aromatic carbocycles. The van der Waals surface area contributed by atoms with Gasteiger partial charge in [-0.15, -0.1) is 11.3 Å².